The molecule has 3 rings (SSSR count). The molecule has 10 heteroatoms. The first-order valence-electron chi connectivity index (χ1n) is 10.2. The van der Waals surface area contributed by atoms with E-state index in [0.29, 0.717) is 28.7 Å². The zero-order chi connectivity index (χ0) is 24.3. The van der Waals surface area contributed by atoms with Crippen LogP contribution in [0, 0.1) is 0 Å². The minimum Gasteiger partial charge on any atom is -0.493 e. The molecule has 34 heavy (non-hydrogen) atoms. The molecular weight excluding hydrogens is 542 g/mol. The minimum absolute atomic E-state index is 0.0665. The third kappa shape index (κ3) is 8.33. The molecule has 0 bridgehead atoms. The summed E-state index contributed by atoms with van der Waals surface area (Å²) in [6.45, 7) is 0.234. The van der Waals surface area contributed by atoms with E-state index < -0.39 is 11.8 Å². The first-order chi connectivity index (χ1) is 16.4. The van der Waals surface area contributed by atoms with Crippen molar-refractivity contribution in [3.63, 3.8) is 0 Å². The van der Waals surface area contributed by atoms with Crippen LogP contribution in [-0.4, -0.2) is 30.1 Å². The topological polar surface area (TPSA) is 88.7 Å². The van der Waals surface area contributed by atoms with Crippen molar-refractivity contribution in [1.29, 1.82) is 0 Å². The average Bonchev–Trinajstić information content (AvgIpc) is 2.83. The monoisotopic (exact) mass is 561 g/mol. The predicted octanol–water partition coefficient (Wildman–Crippen LogP) is 4.44. The molecule has 0 saturated carbocycles. The van der Waals surface area contributed by atoms with Gasteiger partial charge in [0.2, 0.25) is 0 Å². The van der Waals surface area contributed by atoms with Crippen LogP contribution in [0.1, 0.15) is 15.9 Å². The lowest BCUT2D eigenvalue weighted by Gasteiger charge is -2.12. The highest BCUT2D eigenvalue weighted by molar-refractivity contribution is 9.10. The molecule has 0 aliphatic rings. The van der Waals surface area contributed by atoms with Gasteiger partial charge in [-0.3, -0.25) is 25.8 Å². The number of hydrogen-bond donors (Lipinski definition) is 3. The molecule has 3 aromatic rings. The second kappa shape index (κ2) is 12.9. The zero-order valence-corrected chi connectivity index (χ0v) is 21.0. The standard InChI is InChI=1S/C24H21BrClN3O4S/c25-18-8-11-21(20(26)14-18)33-15-22(30)28-29-24(34)27-23(31)17-6-9-19(10-7-17)32-13-12-16-4-2-1-3-5-16/h1-11,14H,12-13,15H2,(H,28,30)(H2,27,29,31,34). The summed E-state index contributed by atoms with van der Waals surface area (Å²) >= 11 is 14.4. The largest absolute Gasteiger partial charge is 0.493 e. The van der Waals surface area contributed by atoms with Gasteiger partial charge in [0.25, 0.3) is 11.8 Å². The van der Waals surface area contributed by atoms with Gasteiger partial charge in [-0.25, -0.2) is 0 Å². The Morgan fingerprint density at radius 1 is 0.941 bits per heavy atom. The second-order valence-electron chi connectivity index (χ2n) is 6.93. The molecule has 0 fully saturated rings. The molecule has 0 saturated heterocycles. The van der Waals surface area contributed by atoms with Gasteiger partial charge in [0, 0.05) is 16.5 Å². The van der Waals surface area contributed by atoms with Crippen LogP contribution in [0.4, 0.5) is 0 Å². The molecule has 7 nitrogen and oxygen atoms in total. The number of halogens is 2. The Balaban J connectivity index is 1.37. The number of ether oxygens (including phenoxy) is 2. The lowest BCUT2D eigenvalue weighted by molar-refractivity contribution is -0.123. The number of nitrogens with one attached hydrogen (secondary N) is 3. The molecule has 0 aliphatic carbocycles. The highest BCUT2D eigenvalue weighted by Gasteiger charge is 2.10. The lowest BCUT2D eigenvalue weighted by Crippen LogP contribution is -2.49. The van der Waals surface area contributed by atoms with E-state index in [1.54, 1.807) is 42.5 Å². The van der Waals surface area contributed by atoms with Crippen molar-refractivity contribution in [2.75, 3.05) is 13.2 Å². The Kier molecular flexibility index (Phi) is 9.69. The predicted molar refractivity (Wildman–Crippen MR) is 138 cm³/mol. The summed E-state index contributed by atoms with van der Waals surface area (Å²) in [5, 5.41) is 2.78. The number of hydrazine groups is 1. The fourth-order valence-corrected chi connectivity index (χ4v) is 3.61. The summed E-state index contributed by atoms with van der Waals surface area (Å²) in [4.78, 5) is 24.3. The summed E-state index contributed by atoms with van der Waals surface area (Å²) in [5.74, 6) is 0.0859. The normalized spacial score (nSPS) is 10.2. The summed E-state index contributed by atoms with van der Waals surface area (Å²) < 4.78 is 11.9. The highest BCUT2D eigenvalue weighted by Crippen LogP contribution is 2.27. The lowest BCUT2D eigenvalue weighted by atomic mass is 10.2. The van der Waals surface area contributed by atoms with Crippen molar-refractivity contribution < 1.29 is 19.1 Å². The SMILES string of the molecule is O=C(COc1ccc(Br)cc1Cl)NNC(=S)NC(=O)c1ccc(OCCc2ccccc2)cc1. The van der Waals surface area contributed by atoms with Crippen LogP contribution in [0.3, 0.4) is 0 Å². The van der Waals surface area contributed by atoms with Crippen LogP contribution in [0.5, 0.6) is 11.5 Å². The fraction of sp³-hybridized carbons (Fsp3) is 0.125. The van der Waals surface area contributed by atoms with E-state index in [4.69, 9.17) is 33.3 Å². The summed E-state index contributed by atoms with van der Waals surface area (Å²) in [7, 11) is 0. The molecule has 0 unspecified atom stereocenters. The van der Waals surface area contributed by atoms with Crippen molar-refractivity contribution in [2.45, 2.75) is 6.42 Å². The summed E-state index contributed by atoms with van der Waals surface area (Å²) in [6, 6.07) is 21.7. The first kappa shape index (κ1) is 25.5. The van der Waals surface area contributed by atoms with E-state index in [1.807, 2.05) is 30.3 Å². The van der Waals surface area contributed by atoms with Crippen molar-refractivity contribution in [1.82, 2.24) is 16.2 Å². The number of hydrogen-bond acceptors (Lipinski definition) is 5. The van der Waals surface area contributed by atoms with E-state index in [1.165, 1.54) is 5.56 Å². The maximum absolute atomic E-state index is 12.4. The summed E-state index contributed by atoms with van der Waals surface area (Å²) in [6.07, 6.45) is 0.788. The van der Waals surface area contributed by atoms with Gasteiger partial charge in [0.05, 0.1) is 11.6 Å². The molecule has 0 spiro atoms. The third-order valence-electron chi connectivity index (χ3n) is 4.41. The first-order valence-corrected chi connectivity index (χ1v) is 11.7. The van der Waals surface area contributed by atoms with Crippen LogP contribution < -0.4 is 25.6 Å². The molecule has 3 N–H and O–H groups in total. The van der Waals surface area contributed by atoms with Crippen LogP contribution in [0.25, 0.3) is 0 Å². The quantitative estimate of drug-likeness (QED) is 0.278. The number of amides is 2. The van der Waals surface area contributed by atoms with Gasteiger partial charge in [0.1, 0.15) is 11.5 Å². The molecule has 0 aromatic heterocycles. The van der Waals surface area contributed by atoms with E-state index in [-0.39, 0.29) is 11.7 Å². The van der Waals surface area contributed by atoms with Gasteiger partial charge < -0.3 is 9.47 Å². The molecule has 0 heterocycles. The molecule has 3 aromatic carbocycles. The summed E-state index contributed by atoms with van der Waals surface area (Å²) in [5.41, 5.74) is 6.37. The van der Waals surface area contributed by atoms with Crippen molar-refractivity contribution >= 4 is 56.7 Å². The number of benzene rings is 3. The number of thiocarbonyl (C=S) groups is 1. The van der Waals surface area contributed by atoms with Gasteiger partial charge in [0.15, 0.2) is 11.7 Å². The Morgan fingerprint density at radius 2 is 1.68 bits per heavy atom. The third-order valence-corrected chi connectivity index (χ3v) is 5.41. The van der Waals surface area contributed by atoms with Gasteiger partial charge in [-0.2, -0.15) is 0 Å². The zero-order valence-electron chi connectivity index (χ0n) is 17.8. The van der Waals surface area contributed by atoms with Gasteiger partial charge in [-0.1, -0.05) is 57.9 Å². The Bertz CT molecular complexity index is 1150. The maximum Gasteiger partial charge on any atom is 0.276 e. The molecule has 2 amide bonds. The van der Waals surface area contributed by atoms with Crippen molar-refractivity contribution in [2.24, 2.45) is 0 Å². The van der Waals surface area contributed by atoms with E-state index in [9.17, 15) is 9.59 Å². The van der Waals surface area contributed by atoms with Crippen LogP contribution in [0.2, 0.25) is 5.02 Å². The highest BCUT2D eigenvalue weighted by atomic mass is 79.9. The van der Waals surface area contributed by atoms with Crippen LogP contribution in [0.15, 0.2) is 77.3 Å². The average molecular weight is 563 g/mol. The number of carbonyl (C=O) groups is 2. The second-order valence-corrected chi connectivity index (χ2v) is 8.66. The smallest absolute Gasteiger partial charge is 0.276 e. The van der Waals surface area contributed by atoms with Gasteiger partial charge >= 0.3 is 0 Å². The van der Waals surface area contributed by atoms with Gasteiger partial charge in [-0.05, 0) is 60.2 Å². The molecule has 0 atom stereocenters. The Hall–Kier alpha value is -3.14. The Labute approximate surface area is 215 Å². The van der Waals surface area contributed by atoms with E-state index in [0.717, 1.165) is 10.9 Å². The van der Waals surface area contributed by atoms with Gasteiger partial charge in [-0.15, -0.1) is 0 Å². The van der Waals surface area contributed by atoms with Crippen molar-refractivity contribution in [3.8, 4) is 11.5 Å². The number of carbonyl (C=O) groups excluding carboxylic acids is 2. The molecule has 176 valence electrons. The number of rotatable bonds is 8. The Morgan fingerprint density at radius 3 is 2.38 bits per heavy atom. The molecular formula is C24H21BrClN3O4S. The maximum atomic E-state index is 12.4. The molecule has 0 radical (unpaired) electrons. The molecule has 0 aliphatic heterocycles. The van der Waals surface area contributed by atoms with E-state index >= 15 is 0 Å². The van der Waals surface area contributed by atoms with Crippen LogP contribution >= 0.6 is 39.7 Å². The fourth-order valence-electron chi connectivity index (χ4n) is 2.74. The van der Waals surface area contributed by atoms with Crippen molar-refractivity contribution in [3.05, 3.63) is 93.4 Å². The van der Waals surface area contributed by atoms with E-state index in [2.05, 4.69) is 32.1 Å². The minimum atomic E-state index is -0.507. The van der Waals surface area contributed by atoms with Crippen LogP contribution in [-0.2, 0) is 11.2 Å².